The fourth-order valence-corrected chi connectivity index (χ4v) is 4.53. The summed E-state index contributed by atoms with van der Waals surface area (Å²) in [6.45, 7) is 4.79. The van der Waals surface area contributed by atoms with Gasteiger partial charge in [0.15, 0.2) is 0 Å². The van der Waals surface area contributed by atoms with E-state index in [4.69, 9.17) is 10.5 Å². The van der Waals surface area contributed by atoms with Gasteiger partial charge in [-0.1, -0.05) is 56.5 Å². The summed E-state index contributed by atoms with van der Waals surface area (Å²) in [5.41, 5.74) is 8.27. The Balaban J connectivity index is 1.70. The number of benzene rings is 2. The molecule has 2 aromatic carbocycles. The van der Waals surface area contributed by atoms with Crippen molar-refractivity contribution in [2.75, 3.05) is 24.6 Å². The molecule has 4 heteroatoms. The van der Waals surface area contributed by atoms with Crippen LogP contribution in [0.25, 0.3) is 0 Å². The summed E-state index contributed by atoms with van der Waals surface area (Å²) in [5, 5.41) is 0. The van der Waals surface area contributed by atoms with Crippen LogP contribution in [0.1, 0.15) is 51.9 Å². The first-order valence-corrected chi connectivity index (χ1v) is 11.2. The Morgan fingerprint density at radius 1 is 0.889 bits per heavy atom. The Morgan fingerprint density at radius 3 is 2.56 bits per heavy atom. The average molecular weight is 385 g/mol. The molecule has 0 bridgehead atoms. The molecule has 0 aromatic heterocycles. The van der Waals surface area contributed by atoms with Gasteiger partial charge in [0.1, 0.15) is 5.75 Å². The Labute approximate surface area is 168 Å². The molecule has 0 spiro atoms. The highest BCUT2D eigenvalue weighted by atomic mass is 32.2. The van der Waals surface area contributed by atoms with E-state index in [2.05, 4.69) is 54.3 Å². The van der Waals surface area contributed by atoms with Gasteiger partial charge in [0.05, 0.1) is 18.0 Å². The molecule has 2 aromatic rings. The minimum Gasteiger partial charge on any atom is -0.494 e. The van der Waals surface area contributed by atoms with Crippen molar-refractivity contribution >= 4 is 23.1 Å². The third-order valence-electron chi connectivity index (χ3n) is 4.95. The lowest BCUT2D eigenvalue weighted by molar-refractivity contribution is 0.304. The number of rotatable bonds is 11. The molecule has 1 aliphatic rings. The minimum atomic E-state index is 0.748. The van der Waals surface area contributed by atoms with Crippen LogP contribution >= 0.6 is 11.8 Å². The second-order valence-corrected chi connectivity index (χ2v) is 8.19. The summed E-state index contributed by atoms with van der Waals surface area (Å²) < 4.78 is 6.06. The van der Waals surface area contributed by atoms with E-state index in [1.807, 2.05) is 11.8 Å². The number of unbranched alkanes of at least 4 members (excludes halogenated alkanes) is 5. The van der Waals surface area contributed by atoms with E-state index in [-0.39, 0.29) is 0 Å². The van der Waals surface area contributed by atoms with Crippen molar-refractivity contribution in [1.82, 2.24) is 0 Å². The lowest BCUT2D eigenvalue weighted by Gasteiger charge is -2.33. The van der Waals surface area contributed by atoms with Crippen LogP contribution in [0.4, 0.5) is 11.4 Å². The zero-order valence-corrected chi connectivity index (χ0v) is 17.3. The summed E-state index contributed by atoms with van der Waals surface area (Å²) in [6.07, 6.45) is 8.46. The fourth-order valence-electron chi connectivity index (χ4n) is 3.45. The van der Waals surface area contributed by atoms with Crippen molar-refractivity contribution in [3.63, 3.8) is 0 Å². The molecule has 0 unspecified atom stereocenters. The standard InChI is InChI=1S/C23H32N2OS/c1-2-3-4-5-10-17-26-19-13-14-23-21(18-19)25(16-9-8-15-24)20-11-6-7-12-22(20)27-23/h6-7,11-14,18H,2-5,8-10,15-17,24H2,1H3. The number of anilines is 2. The van der Waals surface area contributed by atoms with E-state index >= 15 is 0 Å². The van der Waals surface area contributed by atoms with Crippen LogP contribution in [-0.4, -0.2) is 19.7 Å². The summed E-state index contributed by atoms with van der Waals surface area (Å²) in [7, 11) is 0. The van der Waals surface area contributed by atoms with E-state index in [0.29, 0.717) is 0 Å². The summed E-state index contributed by atoms with van der Waals surface area (Å²) in [4.78, 5) is 5.06. The molecule has 0 fully saturated rings. The molecule has 0 aliphatic carbocycles. The maximum Gasteiger partial charge on any atom is 0.121 e. The van der Waals surface area contributed by atoms with E-state index in [1.165, 1.54) is 46.8 Å². The number of nitrogens with zero attached hydrogens (tertiary/aromatic N) is 1. The number of hydrogen-bond donors (Lipinski definition) is 1. The van der Waals surface area contributed by atoms with Crippen LogP contribution in [0.3, 0.4) is 0 Å². The topological polar surface area (TPSA) is 38.5 Å². The molecule has 3 rings (SSSR count). The largest absolute Gasteiger partial charge is 0.494 e. The number of fused-ring (bicyclic) bond motifs is 2. The Kier molecular flexibility index (Phi) is 7.91. The van der Waals surface area contributed by atoms with Crippen LogP contribution in [0.2, 0.25) is 0 Å². The van der Waals surface area contributed by atoms with Crippen LogP contribution < -0.4 is 15.4 Å². The van der Waals surface area contributed by atoms with Crippen LogP contribution in [-0.2, 0) is 0 Å². The maximum atomic E-state index is 6.06. The molecule has 0 saturated heterocycles. The Bertz CT molecular complexity index is 719. The predicted octanol–water partition coefficient (Wildman–Crippen LogP) is 6.38. The monoisotopic (exact) mass is 384 g/mol. The summed E-state index contributed by atoms with van der Waals surface area (Å²) >= 11 is 1.85. The van der Waals surface area contributed by atoms with Crippen LogP contribution in [0.15, 0.2) is 52.3 Å². The third-order valence-corrected chi connectivity index (χ3v) is 6.08. The van der Waals surface area contributed by atoms with Gasteiger partial charge in [-0.2, -0.15) is 0 Å². The van der Waals surface area contributed by atoms with Crippen molar-refractivity contribution in [3.05, 3.63) is 42.5 Å². The number of ether oxygens (including phenoxy) is 1. The highest BCUT2D eigenvalue weighted by Crippen LogP contribution is 2.49. The van der Waals surface area contributed by atoms with E-state index in [0.717, 1.165) is 44.7 Å². The molecular weight excluding hydrogens is 352 g/mol. The smallest absolute Gasteiger partial charge is 0.121 e. The van der Waals surface area contributed by atoms with Crippen LogP contribution in [0, 0.1) is 0 Å². The minimum absolute atomic E-state index is 0.748. The van der Waals surface area contributed by atoms with Gasteiger partial charge in [0, 0.05) is 22.4 Å². The van der Waals surface area contributed by atoms with Gasteiger partial charge in [0.2, 0.25) is 0 Å². The van der Waals surface area contributed by atoms with Gasteiger partial charge in [-0.3, -0.25) is 0 Å². The zero-order valence-electron chi connectivity index (χ0n) is 16.5. The SMILES string of the molecule is CCCCCCCOc1ccc2c(c1)N(CCCCN)c1ccccc1S2. The van der Waals surface area contributed by atoms with E-state index in [9.17, 15) is 0 Å². The van der Waals surface area contributed by atoms with Crippen molar-refractivity contribution < 1.29 is 4.74 Å². The quantitative estimate of drug-likeness (QED) is 0.456. The Morgan fingerprint density at radius 2 is 1.70 bits per heavy atom. The molecule has 0 saturated carbocycles. The van der Waals surface area contributed by atoms with Crippen LogP contribution in [0.5, 0.6) is 5.75 Å². The highest BCUT2D eigenvalue weighted by molar-refractivity contribution is 7.99. The molecule has 146 valence electrons. The Hall–Kier alpha value is -1.65. The first kappa shape index (κ1) is 20.1. The van der Waals surface area contributed by atoms with Crippen molar-refractivity contribution in [1.29, 1.82) is 0 Å². The second kappa shape index (κ2) is 10.6. The fraction of sp³-hybridized carbons (Fsp3) is 0.478. The van der Waals surface area contributed by atoms with Gasteiger partial charge in [-0.15, -0.1) is 0 Å². The van der Waals surface area contributed by atoms with E-state index in [1.54, 1.807) is 0 Å². The highest BCUT2D eigenvalue weighted by Gasteiger charge is 2.23. The first-order chi connectivity index (χ1) is 13.3. The molecule has 1 aliphatic heterocycles. The summed E-state index contributed by atoms with van der Waals surface area (Å²) in [5.74, 6) is 0.980. The van der Waals surface area contributed by atoms with E-state index < -0.39 is 0 Å². The lowest BCUT2D eigenvalue weighted by Crippen LogP contribution is -2.22. The molecule has 0 atom stereocenters. The maximum absolute atomic E-state index is 6.06. The molecule has 2 N–H and O–H groups in total. The average Bonchev–Trinajstić information content (AvgIpc) is 2.70. The molecular formula is C23H32N2OS. The molecule has 1 heterocycles. The van der Waals surface area contributed by atoms with Gasteiger partial charge >= 0.3 is 0 Å². The van der Waals surface area contributed by atoms with Crippen molar-refractivity contribution in [3.8, 4) is 5.75 Å². The second-order valence-electron chi connectivity index (χ2n) is 7.11. The van der Waals surface area contributed by atoms with Crippen molar-refractivity contribution in [2.24, 2.45) is 5.73 Å². The first-order valence-electron chi connectivity index (χ1n) is 10.3. The molecule has 27 heavy (non-hydrogen) atoms. The molecule has 0 amide bonds. The van der Waals surface area contributed by atoms with Crippen molar-refractivity contribution in [2.45, 2.75) is 61.7 Å². The predicted molar refractivity (Wildman–Crippen MR) is 117 cm³/mol. The normalized spacial score (nSPS) is 12.6. The lowest BCUT2D eigenvalue weighted by atomic mass is 10.1. The zero-order chi connectivity index (χ0) is 18.9. The molecule has 3 nitrogen and oxygen atoms in total. The van der Waals surface area contributed by atoms with Gasteiger partial charge in [0.25, 0.3) is 0 Å². The van der Waals surface area contributed by atoms with Gasteiger partial charge in [-0.05, 0) is 50.1 Å². The van der Waals surface area contributed by atoms with Gasteiger partial charge in [-0.25, -0.2) is 0 Å². The molecule has 0 radical (unpaired) electrons. The number of hydrogen-bond acceptors (Lipinski definition) is 4. The third kappa shape index (κ3) is 5.43. The number of nitrogens with two attached hydrogens (primary N) is 1. The summed E-state index contributed by atoms with van der Waals surface area (Å²) in [6, 6.07) is 15.2. The number of para-hydroxylation sites is 1. The van der Waals surface area contributed by atoms with Gasteiger partial charge < -0.3 is 15.4 Å².